The summed E-state index contributed by atoms with van der Waals surface area (Å²) in [6, 6.07) is 0. The summed E-state index contributed by atoms with van der Waals surface area (Å²) in [5.74, 6) is -0.345. The Kier molecular flexibility index (Phi) is 38.9. The van der Waals surface area contributed by atoms with E-state index in [0.29, 0.717) is 13.0 Å². The Morgan fingerprint density at radius 2 is 1.06 bits per heavy atom. The zero-order valence-corrected chi connectivity index (χ0v) is 34.0. The van der Waals surface area contributed by atoms with E-state index in [2.05, 4.69) is 50.3 Å². The van der Waals surface area contributed by atoms with Crippen molar-refractivity contribution >= 4 is 13.8 Å². The van der Waals surface area contributed by atoms with Crippen molar-refractivity contribution < 1.29 is 32.8 Å². The van der Waals surface area contributed by atoms with Gasteiger partial charge in [-0.1, -0.05) is 153 Å². The van der Waals surface area contributed by atoms with Crippen LogP contribution in [0.4, 0.5) is 0 Å². The molecule has 0 aromatic rings. The van der Waals surface area contributed by atoms with Crippen molar-refractivity contribution in [1.29, 1.82) is 0 Å². The van der Waals surface area contributed by atoms with Crippen LogP contribution >= 0.6 is 7.82 Å². The van der Waals surface area contributed by atoms with Crippen LogP contribution in [-0.2, 0) is 27.9 Å². The van der Waals surface area contributed by atoms with Crippen molar-refractivity contribution in [2.45, 2.75) is 193 Å². The maximum atomic E-state index is 12.5. The number of hydrogen-bond acceptors (Lipinski definition) is 7. The molecule has 0 fully saturated rings. The van der Waals surface area contributed by atoms with Crippen LogP contribution in [0.5, 0.6) is 0 Å². The van der Waals surface area contributed by atoms with Gasteiger partial charge in [0.1, 0.15) is 6.10 Å². The van der Waals surface area contributed by atoms with Crippen molar-refractivity contribution in [2.24, 2.45) is 5.73 Å². The molecule has 0 heterocycles. The van der Waals surface area contributed by atoms with Crippen molar-refractivity contribution in [3.8, 4) is 0 Å². The summed E-state index contributed by atoms with van der Waals surface area (Å²) in [6.45, 7) is 4.86. The molecule has 0 bridgehead atoms. The highest BCUT2D eigenvalue weighted by Crippen LogP contribution is 2.43. The minimum absolute atomic E-state index is 0.0971. The van der Waals surface area contributed by atoms with Gasteiger partial charge in [0, 0.05) is 19.6 Å². The van der Waals surface area contributed by atoms with Gasteiger partial charge in [0.25, 0.3) is 0 Å². The second kappa shape index (κ2) is 39.9. The Hall–Kier alpha value is -1.28. The molecule has 2 atom stereocenters. The van der Waals surface area contributed by atoms with E-state index in [-0.39, 0.29) is 32.3 Å². The van der Waals surface area contributed by atoms with E-state index in [1.165, 1.54) is 109 Å². The predicted molar refractivity (Wildman–Crippen MR) is 215 cm³/mol. The van der Waals surface area contributed by atoms with Crippen LogP contribution in [0, 0.1) is 0 Å². The molecular formula is C42H80NO7P. The molecule has 0 aromatic heterocycles. The fourth-order valence-electron chi connectivity index (χ4n) is 5.65. The molecule has 9 heteroatoms. The topological polar surface area (TPSA) is 117 Å². The smallest absolute Gasteiger partial charge is 0.457 e. The minimum atomic E-state index is -4.28. The first kappa shape index (κ1) is 49.7. The quantitative estimate of drug-likeness (QED) is 0.0276. The summed E-state index contributed by atoms with van der Waals surface area (Å²) in [5.41, 5.74) is 5.36. The van der Waals surface area contributed by atoms with Gasteiger partial charge in [0.15, 0.2) is 0 Å². The largest absolute Gasteiger partial charge is 0.472 e. The molecule has 3 N–H and O–H groups in total. The van der Waals surface area contributed by atoms with Gasteiger partial charge in [-0.3, -0.25) is 13.8 Å². The summed E-state index contributed by atoms with van der Waals surface area (Å²) in [4.78, 5) is 22.4. The van der Waals surface area contributed by atoms with E-state index in [1.54, 1.807) is 0 Å². The number of carbonyl (C=O) groups is 1. The average molecular weight is 742 g/mol. The summed E-state index contributed by atoms with van der Waals surface area (Å²) in [7, 11) is -4.28. The van der Waals surface area contributed by atoms with Crippen LogP contribution in [0.15, 0.2) is 36.5 Å². The van der Waals surface area contributed by atoms with Crippen molar-refractivity contribution in [3.63, 3.8) is 0 Å². The second-order valence-electron chi connectivity index (χ2n) is 13.8. The zero-order chi connectivity index (χ0) is 37.4. The van der Waals surface area contributed by atoms with Crippen LogP contribution in [-0.4, -0.2) is 49.9 Å². The lowest BCUT2D eigenvalue weighted by atomic mass is 10.1. The lowest BCUT2D eigenvalue weighted by Gasteiger charge is -2.20. The van der Waals surface area contributed by atoms with Gasteiger partial charge in [0.05, 0.1) is 19.8 Å². The number of allylic oxidation sites excluding steroid dienone is 6. The van der Waals surface area contributed by atoms with Gasteiger partial charge < -0.3 is 20.1 Å². The molecule has 0 spiro atoms. The van der Waals surface area contributed by atoms with Crippen LogP contribution in [0.1, 0.15) is 187 Å². The number of carbonyl (C=O) groups excluding carboxylic acids is 1. The molecule has 0 saturated carbocycles. The Balaban J connectivity index is 4.05. The highest BCUT2D eigenvalue weighted by Gasteiger charge is 2.25. The average Bonchev–Trinajstić information content (AvgIpc) is 3.12. The Bertz CT molecular complexity index is 879. The summed E-state index contributed by atoms with van der Waals surface area (Å²) in [6.07, 6.45) is 44.4. The lowest BCUT2D eigenvalue weighted by Crippen LogP contribution is -2.28. The van der Waals surface area contributed by atoms with E-state index < -0.39 is 13.9 Å². The Labute approximate surface area is 314 Å². The molecule has 0 amide bonds. The third-order valence-electron chi connectivity index (χ3n) is 8.78. The van der Waals surface area contributed by atoms with Crippen molar-refractivity contribution in [1.82, 2.24) is 0 Å². The molecule has 51 heavy (non-hydrogen) atoms. The molecular weight excluding hydrogens is 661 g/mol. The Morgan fingerprint density at radius 1 is 0.588 bits per heavy atom. The summed E-state index contributed by atoms with van der Waals surface area (Å²) < 4.78 is 33.4. The molecule has 300 valence electrons. The molecule has 0 aliphatic carbocycles. The lowest BCUT2D eigenvalue weighted by molar-refractivity contribution is -0.154. The molecule has 8 nitrogen and oxygen atoms in total. The van der Waals surface area contributed by atoms with Gasteiger partial charge in [-0.2, -0.15) is 0 Å². The van der Waals surface area contributed by atoms with E-state index in [4.69, 9.17) is 24.3 Å². The highest BCUT2D eigenvalue weighted by molar-refractivity contribution is 7.47. The number of phosphoric ester groups is 1. The van der Waals surface area contributed by atoms with E-state index in [9.17, 15) is 14.3 Å². The molecule has 0 aliphatic rings. The molecule has 0 aliphatic heterocycles. The number of phosphoric acid groups is 1. The minimum Gasteiger partial charge on any atom is -0.457 e. The van der Waals surface area contributed by atoms with E-state index >= 15 is 0 Å². The zero-order valence-electron chi connectivity index (χ0n) is 33.1. The van der Waals surface area contributed by atoms with Gasteiger partial charge in [0.2, 0.25) is 0 Å². The number of ether oxygens (including phenoxy) is 2. The predicted octanol–water partition coefficient (Wildman–Crippen LogP) is 12.2. The SMILES string of the molecule is CCCC/C=C\C/C=C\CCCCCCCC(=O)OC(COCCCCCCCCCC/C=C\CCCCCCCC)COP(=O)(O)OCCN. The third-order valence-corrected chi connectivity index (χ3v) is 9.76. The number of hydrogen-bond donors (Lipinski definition) is 2. The normalized spacial score (nSPS) is 13.9. The van der Waals surface area contributed by atoms with Gasteiger partial charge in [-0.15, -0.1) is 0 Å². The molecule has 0 aromatic carbocycles. The summed E-state index contributed by atoms with van der Waals surface area (Å²) >= 11 is 0. The fourth-order valence-corrected chi connectivity index (χ4v) is 6.42. The van der Waals surface area contributed by atoms with Gasteiger partial charge in [-0.05, 0) is 64.2 Å². The number of unbranched alkanes of at least 4 members (excludes halogenated alkanes) is 21. The maximum Gasteiger partial charge on any atom is 0.472 e. The molecule has 0 saturated heterocycles. The van der Waals surface area contributed by atoms with Crippen LogP contribution in [0.3, 0.4) is 0 Å². The standard InChI is InChI=1S/C42H80NO7P/c1-3-5-7-9-11-13-15-17-19-20-21-22-24-26-28-30-32-34-37-47-39-41(40-49-51(45,46)48-38-36-43)50-42(44)35-33-31-29-27-25-23-18-16-14-12-10-8-6-4-2/h10,12,16-19,41H,3-9,11,13-15,20-40,43H2,1-2H3,(H,45,46)/b12-10-,18-16-,19-17-. The summed E-state index contributed by atoms with van der Waals surface area (Å²) in [5, 5.41) is 0. The van der Waals surface area contributed by atoms with E-state index in [1.807, 2.05) is 0 Å². The second-order valence-corrected chi connectivity index (χ2v) is 15.3. The van der Waals surface area contributed by atoms with Crippen LogP contribution < -0.4 is 5.73 Å². The molecule has 2 unspecified atom stereocenters. The first-order valence-electron chi connectivity index (χ1n) is 21.0. The highest BCUT2D eigenvalue weighted by atomic mass is 31.2. The third kappa shape index (κ3) is 39.8. The van der Waals surface area contributed by atoms with Crippen LogP contribution in [0.25, 0.3) is 0 Å². The van der Waals surface area contributed by atoms with Crippen molar-refractivity contribution in [3.05, 3.63) is 36.5 Å². The van der Waals surface area contributed by atoms with Crippen molar-refractivity contribution in [2.75, 3.05) is 33.0 Å². The van der Waals surface area contributed by atoms with Gasteiger partial charge >= 0.3 is 13.8 Å². The number of nitrogens with two attached hydrogens (primary N) is 1. The monoisotopic (exact) mass is 742 g/mol. The molecule has 0 rings (SSSR count). The van der Waals surface area contributed by atoms with Gasteiger partial charge in [-0.25, -0.2) is 4.57 Å². The molecule has 0 radical (unpaired) electrons. The number of esters is 1. The fraction of sp³-hybridized carbons (Fsp3) is 0.833. The maximum absolute atomic E-state index is 12.5. The number of rotatable bonds is 40. The van der Waals surface area contributed by atoms with Crippen LogP contribution in [0.2, 0.25) is 0 Å². The van der Waals surface area contributed by atoms with E-state index in [0.717, 1.165) is 57.8 Å². The first-order chi connectivity index (χ1) is 24.9. The first-order valence-corrected chi connectivity index (χ1v) is 22.5. The Morgan fingerprint density at radius 3 is 1.61 bits per heavy atom.